The lowest BCUT2D eigenvalue weighted by molar-refractivity contribution is -0.121. The van der Waals surface area contributed by atoms with Gasteiger partial charge in [-0.1, -0.05) is 79.9 Å². The summed E-state index contributed by atoms with van der Waals surface area (Å²) in [5.41, 5.74) is 10.1. The van der Waals surface area contributed by atoms with Gasteiger partial charge >= 0.3 is 0 Å². The average molecular weight is 774 g/mol. The van der Waals surface area contributed by atoms with Crippen LogP contribution in [0.15, 0.2) is 91.0 Å². The number of Topliss-reactive ketones (excluding diaryl/α,β-unsaturated/α-hetero) is 1. The fourth-order valence-corrected chi connectivity index (χ4v) is 11.4. The van der Waals surface area contributed by atoms with Crippen LogP contribution < -0.4 is 15.2 Å². The number of aliphatic hydroxyl groups excluding tert-OH is 1. The maximum atomic E-state index is 13.7. The first-order valence-corrected chi connectivity index (χ1v) is 20.7. The molecule has 0 amide bonds. The lowest BCUT2D eigenvalue weighted by Crippen LogP contribution is -2.49. The zero-order valence-corrected chi connectivity index (χ0v) is 32.5. The fourth-order valence-electron chi connectivity index (χ4n) is 11.4. The molecule has 5 aliphatic carbocycles. The van der Waals surface area contributed by atoms with Crippen LogP contribution in [0, 0.1) is 17.3 Å². The van der Waals surface area contributed by atoms with E-state index in [1.165, 1.54) is 43.7 Å². The molecule has 4 aromatic carbocycles. The minimum Gasteiger partial charge on any atom is -0.508 e. The molecule has 5 aliphatic rings. The first-order valence-electron chi connectivity index (χ1n) is 20.7. The van der Waals surface area contributed by atoms with Gasteiger partial charge in [0.15, 0.2) is 23.0 Å². The van der Waals surface area contributed by atoms with Crippen molar-refractivity contribution in [3.8, 4) is 34.5 Å². The maximum Gasteiger partial charge on any atom is 0.200 e. The quantitative estimate of drug-likeness (QED) is 0.0443. The third-order valence-electron chi connectivity index (χ3n) is 13.8. The fraction of sp³-hybridized carbons (Fsp3) is 0.438. The number of aryl methyl sites for hydroxylation is 1. The Kier molecular flexibility index (Phi) is 11.0. The van der Waals surface area contributed by atoms with Gasteiger partial charge in [-0.15, -0.1) is 0 Å². The molecule has 2 saturated carbocycles. The van der Waals surface area contributed by atoms with E-state index in [9.17, 15) is 30.3 Å². The smallest absolute Gasteiger partial charge is 0.200 e. The summed E-state index contributed by atoms with van der Waals surface area (Å²) in [5, 5.41) is 55.4. The normalized spacial score (nSPS) is 25.2. The molecule has 0 aromatic heterocycles. The molecule has 9 heteroatoms. The second kappa shape index (κ2) is 16.1. The van der Waals surface area contributed by atoms with Crippen LogP contribution in [0.2, 0.25) is 0 Å². The summed E-state index contributed by atoms with van der Waals surface area (Å²) in [6, 6.07) is 24.3. The molecule has 2 bridgehead atoms. The number of hydrogen-bond donors (Lipinski definition) is 6. The Morgan fingerprint density at radius 1 is 0.825 bits per heavy atom. The van der Waals surface area contributed by atoms with Gasteiger partial charge in [0, 0.05) is 30.2 Å². The summed E-state index contributed by atoms with van der Waals surface area (Å²) in [4.78, 5) is 13.7. The Morgan fingerprint density at radius 3 is 2.39 bits per heavy atom. The number of phenols is 4. The molecule has 7 N–H and O–H groups in total. The molecule has 4 aromatic rings. The van der Waals surface area contributed by atoms with Crippen molar-refractivity contribution in [2.45, 2.75) is 107 Å². The number of allylic oxidation sites excluding steroid dienone is 1. The van der Waals surface area contributed by atoms with Crippen LogP contribution in [0.1, 0.15) is 110 Å². The molecule has 0 heterocycles. The highest BCUT2D eigenvalue weighted by Crippen LogP contribution is 2.66. The lowest BCUT2D eigenvalue weighted by atomic mass is 9.48. The van der Waals surface area contributed by atoms with E-state index in [0.29, 0.717) is 12.0 Å². The van der Waals surface area contributed by atoms with E-state index >= 15 is 0 Å². The third-order valence-corrected chi connectivity index (χ3v) is 13.8. The van der Waals surface area contributed by atoms with E-state index in [1.807, 2.05) is 6.07 Å². The molecule has 9 rings (SSSR count). The van der Waals surface area contributed by atoms with Crippen molar-refractivity contribution in [3.05, 3.63) is 119 Å². The van der Waals surface area contributed by atoms with Gasteiger partial charge in [-0.2, -0.15) is 0 Å². The highest BCUT2D eigenvalue weighted by atomic mass is 16.5. The molecule has 0 saturated heterocycles. The van der Waals surface area contributed by atoms with Crippen LogP contribution in [0.25, 0.3) is 0 Å². The van der Waals surface area contributed by atoms with Crippen LogP contribution in [-0.4, -0.2) is 44.2 Å². The first-order chi connectivity index (χ1) is 27.6. The molecule has 0 radical (unpaired) electrons. The van der Waals surface area contributed by atoms with Crippen molar-refractivity contribution >= 4 is 5.78 Å². The van der Waals surface area contributed by atoms with Gasteiger partial charge in [0.1, 0.15) is 24.9 Å². The van der Waals surface area contributed by atoms with Gasteiger partial charge in [-0.25, -0.2) is 0 Å². The highest BCUT2D eigenvalue weighted by Gasteiger charge is 2.57. The number of benzene rings is 4. The number of aromatic hydroxyl groups is 4. The van der Waals surface area contributed by atoms with E-state index in [4.69, 9.17) is 15.2 Å². The number of rotatable bonds is 13. The van der Waals surface area contributed by atoms with E-state index in [2.05, 4.69) is 42.5 Å². The second-order valence-electron chi connectivity index (χ2n) is 17.2. The highest BCUT2D eigenvalue weighted by molar-refractivity contribution is 5.79. The summed E-state index contributed by atoms with van der Waals surface area (Å²) < 4.78 is 11.7. The molecule has 0 unspecified atom stereocenters. The minimum absolute atomic E-state index is 0.0202. The maximum absolute atomic E-state index is 13.7. The number of fused-ring (bicyclic) bond motifs is 2. The van der Waals surface area contributed by atoms with Crippen molar-refractivity contribution in [2.24, 2.45) is 23.0 Å². The van der Waals surface area contributed by atoms with Crippen molar-refractivity contribution in [1.82, 2.24) is 0 Å². The Balaban J connectivity index is 1.18. The van der Waals surface area contributed by atoms with Crippen LogP contribution in [0.5, 0.6) is 34.5 Å². The third kappa shape index (κ3) is 7.60. The average Bonchev–Trinajstić information content (AvgIpc) is 3.47. The van der Waals surface area contributed by atoms with E-state index in [0.717, 1.165) is 42.4 Å². The number of carbonyl (C=O) groups excluding carboxylic acids is 1. The van der Waals surface area contributed by atoms with E-state index in [1.54, 1.807) is 36.4 Å². The number of nitrogens with two attached hydrogens (primary N) is 1. The molecule has 6 atom stereocenters. The van der Waals surface area contributed by atoms with Crippen molar-refractivity contribution in [3.63, 3.8) is 0 Å². The number of phenolic OH excluding ortho intramolecular Hbond substituents is 4. The van der Waals surface area contributed by atoms with Crippen LogP contribution in [0.3, 0.4) is 0 Å². The van der Waals surface area contributed by atoms with Gasteiger partial charge in [-0.3, -0.25) is 10.5 Å². The molecule has 1 spiro atoms. The number of ketones is 1. The first kappa shape index (κ1) is 38.9. The van der Waals surface area contributed by atoms with Gasteiger partial charge in [0.25, 0.3) is 0 Å². The largest absolute Gasteiger partial charge is 0.508 e. The molecule has 2 fully saturated rings. The molecule has 0 aliphatic heterocycles. The van der Waals surface area contributed by atoms with Gasteiger partial charge in [0.2, 0.25) is 5.75 Å². The van der Waals surface area contributed by atoms with Crippen LogP contribution in [0.4, 0.5) is 0 Å². The van der Waals surface area contributed by atoms with Crippen LogP contribution >= 0.6 is 0 Å². The minimum atomic E-state index is -1.01. The van der Waals surface area contributed by atoms with Crippen molar-refractivity contribution in [1.29, 1.82) is 0 Å². The Bertz CT molecular complexity index is 2110. The van der Waals surface area contributed by atoms with Gasteiger partial charge in [-0.05, 0) is 120 Å². The van der Waals surface area contributed by atoms with Crippen LogP contribution in [-0.2, 0) is 23.2 Å². The number of ether oxygens (including phenoxy) is 2. The number of aliphatic hydroxyl groups is 1. The Morgan fingerprint density at radius 2 is 1.61 bits per heavy atom. The summed E-state index contributed by atoms with van der Waals surface area (Å²) in [6.07, 6.45) is 13.9. The standard InChI is InChI=1S/C48H55NO8/c49-29-57-42-23-30(13-17-39(42)52)12-15-35(51)25-40(53)36-16-14-32-24-38(48(33-9-2-1-3-10-33)21-7-20-47(28-48)18-4-5-19-47)44(36)37-26-41(54)45(55)46(43(32)37)56-27-31-8-6-11-34(50)22-31/h1-3,6,8-11,13-14,16-17,22-23,26,32,36,38,40,44,50,52-55H,4-5,7,12,15,18-21,24-25,27-29,49H2/t32-,36+,38-,40-,44-,48+/m0/s1. The molecule has 57 heavy (non-hydrogen) atoms. The molecular weight excluding hydrogens is 719 g/mol. The molecule has 300 valence electrons. The summed E-state index contributed by atoms with van der Waals surface area (Å²) in [6.45, 7) is -0.0153. The molecule has 9 nitrogen and oxygen atoms in total. The van der Waals surface area contributed by atoms with Gasteiger partial charge < -0.3 is 35.0 Å². The zero-order chi connectivity index (χ0) is 39.7. The topological polar surface area (TPSA) is 163 Å². The predicted molar refractivity (Wildman–Crippen MR) is 218 cm³/mol. The Labute approximate surface area is 334 Å². The van der Waals surface area contributed by atoms with Gasteiger partial charge in [0.05, 0.1) is 6.10 Å². The van der Waals surface area contributed by atoms with Crippen molar-refractivity contribution < 1.29 is 39.8 Å². The predicted octanol–water partition coefficient (Wildman–Crippen LogP) is 8.78. The van der Waals surface area contributed by atoms with E-state index < -0.39 is 12.0 Å². The zero-order valence-electron chi connectivity index (χ0n) is 32.5. The van der Waals surface area contributed by atoms with E-state index in [-0.39, 0.29) is 95.0 Å². The van der Waals surface area contributed by atoms with Crippen molar-refractivity contribution in [2.75, 3.05) is 6.73 Å². The summed E-state index contributed by atoms with van der Waals surface area (Å²) in [7, 11) is 0. The number of hydrogen-bond acceptors (Lipinski definition) is 9. The second-order valence-corrected chi connectivity index (χ2v) is 17.2. The Hall–Kier alpha value is -4.99. The summed E-state index contributed by atoms with van der Waals surface area (Å²) in [5.74, 6) is -0.987. The molecular formula is C48H55NO8. The number of carbonyl (C=O) groups is 1. The lowest BCUT2D eigenvalue weighted by Gasteiger charge is -2.56. The SMILES string of the molecule is NCOc1cc(CCC(=O)C[C@H](O)[C@H]2C=C[C@H]3C[C@H]([C@]4(c5ccccc5)CCCC5(CCCC5)C4)[C@@H]2c2cc(O)c(O)c(OCc4cccc(O)c4)c23)ccc1O. The summed E-state index contributed by atoms with van der Waals surface area (Å²) >= 11 is 0. The monoisotopic (exact) mass is 773 g/mol.